The van der Waals surface area contributed by atoms with E-state index in [4.69, 9.17) is 9.15 Å². The summed E-state index contributed by atoms with van der Waals surface area (Å²) in [6.45, 7) is 6.68. The van der Waals surface area contributed by atoms with E-state index in [0.29, 0.717) is 24.6 Å². The predicted molar refractivity (Wildman–Crippen MR) is 103 cm³/mol. The van der Waals surface area contributed by atoms with Crippen LogP contribution in [0.2, 0.25) is 0 Å². The van der Waals surface area contributed by atoms with Crippen LogP contribution >= 0.6 is 0 Å². The number of ether oxygens (including phenoxy) is 1. The normalized spacial score (nSPS) is 11.8. The summed E-state index contributed by atoms with van der Waals surface area (Å²) in [7, 11) is 0. The number of benzene rings is 1. The van der Waals surface area contributed by atoms with Gasteiger partial charge in [0, 0.05) is 12.2 Å². The Morgan fingerprint density at radius 1 is 1.26 bits per heavy atom. The van der Waals surface area contributed by atoms with E-state index in [1.807, 2.05) is 61.9 Å². The first-order chi connectivity index (χ1) is 13.1. The van der Waals surface area contributed by atoms with Gasteiger partial charge in [0.1, 0.15) is 17.6 Å². The molecule has 1 aromatic carbocycles. The minimum atomic E-state index is -0.319. The van der Waals surface area contributed by atoms with Crippen molar-refractivity contribution in [3.05, 3.63) is 65.9 Å². The molecule has 7 nitrogen and oxygen atoms in total. The standard InChI is InChI=1S/C20H24N4O3/c1-4-26-18-9-6-5-8-16(18)22-20(25)21-13-17(19-10-7-11-27-19)24-15(3)12-14(2)23-24/h5-12,17H,4,13H2,1-3H3,(H2,21,22,25). The van der Waals surface area contributed by atoms with Gasteiger partial charge in [-0.3, -0.25) is 4.68 Å². The topological polar surface area (TPSA) is 81.3 Å². The van der Waals surface area contributed by atoms with E-state index in [1.165, 1.54) is 0 Å². The van der Waals surface area contributed by atoms with Crippen LogP contribution in [-0.2, 0) is 0 Å². The predicted octanol–water partition coefficient (Wildman–Crippen LogP) is 3.90. The molecule has 0 radical (unpaired) electrons. The van der Waals surface area contributed by atoms with Gasteiger partial charge < -0.3 is 19.8 Å². The largest absolute Gasteiger partial charge is 0.492 e. The summed E-state index contributed by atoms with van der Waals surface area (Å²) in [5.41, 5.74) is 2.54. The molecule has 27 heavy (non-hydrogen) atoms. The molecule has 2 heterocycles. The highest BCUT2D eigenvalue weighted by atomic mass is 16.5. The Labute approximate surface area is 158 Å². The highest BCUT2D eigenvalue weighted by Gasteiger charge is 2.20. The number of rotatable bonds is 7. The molecule has 0 saturated heterocycles. The molecule has 2 aromatic heterocycles. The molecule has 0 spiro atoms. The average Bonchev–Trinajstić information content (AvgIpc) is 3.27. The zero-order valence-electron chi connectivity index (χ0n) is 15.7. The molecule has 1 unspecified atom stereocenters. The first-order valence-corrected chi connectivity index (χ1v) is 8.91. The number of carbonyl (C=O) groups excluding carboxylic acids is 1. The van der Waals surface area contributed by atoms with Crippen LogP contribution in [0.1, 0.15) is 30.1 Å². The zero-order chi connectivity index (χ0) is 19.2. The summed E-state index contributed by atoms with van der Waals surface area (Å²) < 4.78 is 13.0. The molecule has 2 N–H and O–H groups in total. The third-order valence-electron chi connectivity index (χ3n) is 4.10. The molecule has 142 valence electrons. The van der Waals surface area contributed by atoms with Crippen molar-refractivity contribution in [2.45, 2.75) is 26.8 Å². The van der Waals surface area contributed by atoms with Crippen molar-refractivity contribution in [2.75, 3.05) is 18.5 Å². The van der Waals surface area contributed by atoms with Gasteiger partial charge in [-0.15, -0.1) is 0 Å². The van der Waals surface area contributed by atoms with Crippen LogP contribution in [0.5, 0.6) is 5.75 Å². The van der Waals surface area contributed by atoms with E-state index >= 15 is 0 Å². The second-order valence-corrected chi connectivity index (χ2v) is 6.17. The van der Waals surface area contributed by atoms with E-state index in [-0.39, 0.29) is 12.1 Å². The van der Waals surface area contributed by atoms with Crippen LogP contribution in [0.15, 0.2) is 53.1 Å². The lowest BCUT2D eigenvalue weighted by Gasteiger charge is -2.18. The summed E-state index contributed by atoms with van der Waals surface area (Å²) in [6.07, 6.45) is 1.62. The maximum absolute atomic E-state index is 12.4. The van der Waals surface area contributed by atoms with Gasteiger partial charge in [0.25, 0.3) is 0 Å². The van der Waals surface area contributed by atoms with E-state index in [1.54, 1.807) is 12.3 Å². The number of carbonyl (C=O) groups is 1. The summed E-state index contributed by atoms with van der Waals surface area (Å²) in [5, 5.41) is 10.3. The van der Waals surface area contributed by atoms with Crippen molar-refractivity contribution < 1.29 is 13.9 Å². The van der Waals surface area contributed by atoms with Crippen molar-refractivity contribution in [1.29, 1.82) is 0 Å². The Bertz CT molecular complexity index is 887. The fourth-order valence-corrected chi connectivity index (χ4v) is 2.96. The zero-order valence-corrected chi connectivity index (χ0v) is 15.7. The fraction of sp³-hybridized carbons (Fsp3) is 0.300. The van der Waals surface area contributed by atoms with Crippen LogP contribution in [0.3, 0.4) is 0 Å². The van der Waals surface area contributed by atoms with E-state index in [0.717, 1.165) is 17.1 Å². The number of anilines is 1. The van der Waals surface area contributed by atoms with Crippen molar-refractivity contribution in [2.24, 2.45) is 0 Å². The number of para-hydroxylation sites is 2. The quantitative estimate of drug-likeness (QED) is 0.663. The Balaban J connectivity index is 1.71. The molecule has 0 fully saturated rings. The number of aryl methyl sites for hydroxylation is 2. The molecule has 3 rings (SSSR count). The Morgan fingerprint density at radius 3 is 2.74 bits per heavy atom. The second kappa shape index (κ2) is 8.44. The minimum Gasteiger partial charge on any atom is -0.492 e. The third-order valence-corrected chi connectivity index (χ3v) is 4.10. The molecule has 0 bridgehead atoms. The molecular formula is C20H24N4O3. The lowest BCUT2D eigenvalue weighted by atomic mass is 10.2. The molecule has 0 aliphatic carbocycles. The Kier molecular flexibility index (Phi) is 5.80. The monoisotopic (exact) mass is 368 g/mol. The van der Waals surface area contributed by atoms with Gasteiger partial charge in [-0.2, -0.15) is 5.10 Å². The van der Waals surface area contributed by atoms with Crippen LogP contribution in [0, 0.1) is 13.8 Å². The van der Waals surface area contributed by atoms with Crippen molar-refractivity contribution in [1.82, 2.24) is 15.1 Å². The second-order valence-electron chi connectivity index (χ2n) is 6.17. The Hall–Kier alpha value is -3.22. The van der Waals surface area contributed by atoms with Gasteiger partial charge in [-0.1, -0.05) is 12.1 Å². The average molecular weight is 368 g/mol. The highest BCUT2D eigenvalue weighted by molar-refractivity contribution is 5.90. The number of furan rings is 1. The van der Waals surface area contributed by atoms with Crippen LogP contribution < -0.4 is 15.4 Å². The number of nitrogens with zero attached hydrogens (tertiary/aromatic N) is 2. The first kappa shape index (κ1) is 18.6. The summed E-state index contributed by atoms with van der Waals surface area (Å²) in [5.74, 6) is 1.37. The van der Waals surface area contributed by atoms with Crippen LogP contribution in [-0.4, -0.2) is 29.0 Å². The van der Waals surface area contributed by atoms with Gasteiger partial charge in [0.05, 0.1) is 24.3 Å². The lowest BCUT2D eigenvalue weighted by Crippen LogP contribution is -2.35. The van der Waals surface area contributed by atoms with Crippen molar-refractivity contribution >= 4 is 11.7 Å². The number of amides is 2. The number of hydrogen-bond donors (Lipinski definition) is 2. The molecule has 0 aliphatic rings. The molecule has 0 saturated carbocycles. The maximum Gasteiger partial charge on any atom is 0.319 e. The van der Waals surface area contributed by atoms with Gasteiger partial charge >= 0.3 is 6.03 Å². The van der Waals surface area contributed by atoms with Gasteiger partial charge in [0.2, 0.25) is 0 Å². The molecule has 1 atom stereocenters. The van der Waals surface area contributed by atoms with Gasteiger partial charge in [0.15, 0.2) is 0 Å². The number of urea groups is 1. The molecular weight excluding hydrogens is 344 g/mol. The molecule has 7 heteroatoms. The third kappa shape index (κ3) is 4.49. The number of hydrogen-bond acceptors (Lipinski definition) is 4. The maximum atomic E-state index is 12.4. The fourth-order valence-electron chi connectivity index (χ4n) is 2.96. The van der Waals surface area contributed by atoms with Crippen molar-refractivity contribution in [3.8, 4) is 5.75 Å². The van der Waals surface area contributed by atoms with Gasteiger partial charge in [-0.25, -0.2) is 4.79 Å². The summed E-state index contributed by atoms with van der Waals surface area (Å²) in [6, 6.07) is 12.5. The van der Waals surface area contributed by atoms with Gasteiger partial charge in [-0.05, 0) is 51.1 Å². The molecule has 0 aliphatic heterocycles. The van der Waals surface area contributed by atoms with E-state index in [2.05, 4.69) is 15.7 Å². The van der Waals surface area contributed by atoms with E-state index < -0.39 is 0 Å². The molecule has 3 aromatic rings. The van der Waals surface area contributed by atoms with Crippen LogP contribution in [0.25, 0.3) is 0 Å². The summed E-state index contributed by atoms with van der Waals surface area (Å²) >= 11 is 0. The smallest absolute Gasteiger partial charge is 0.319 e. The number of nitrogens with one attached hydrogen (secondary N) is 2. The van der Waals surface area contributed by atoms with Crippen LogP contribution in [0.4, 0.5) is 10.5 Å². The van der Waals surface area contributed by atoms with Crippen molar-refractivity contribution in [3.63, 3.8) is 0 Å². The highest BCUT2D eigenvalue weighted by Crippen LogP contribution is 2.24. The minimum absolute atomic E-state index is 0.235. The molecule has 2 amide bonds. The summed E-state index contributed by atoms with van der Waals surface area (Å²) in [4.78, 5) is 12.4. The first-order valence-electron chi connectivity index (χ1n) is 8.91. The lowest BCUT2D eigenvalue weighted by molar-refractivity contribution is 0.249. The number of aromatic nitrogens is 2. The SMILES string of the molecule is CCOc1ccccc1NC(=O)NCC(c1ccco1)n1nc(C)cc1C. The Morgan fingerprint density at radius 2 is 2.07 bits per heavy atom. The van der Waals surface area contributed by atoms with E-state index in [9.17, 15) is 4.79 Å².